The maximum atomic E-state index is 11.3. The quantitative estimate of drug-likeness (QED) is 0.389. The Hall–Kier alpha value is -1.89. The first kappa shape index (κ1) is 7.74. The summed E-state index contributed by atoms with van der Waals surface area (Å²) >= 11 is 0. The number of aromatic amines is 1. The van der Waals surface area contributed by atoms with E-state index in [2.05, 4.69) is 20.6 Å². The van der Waals surface area contributed by atoms with Crippen molar-refractivity contribution in [1.82, 2.24) is 15.3 Å². The lowest BCUT2D eigenvalue weighted by Crippen LogP contribution is -2.65. The van der Waals surface area contributed by atoms with Gasteiger partial charge in [-0.15, -0.1) is 0 Å². The van der Waals surface area contributed by atoms with Gasteiger partial charge in [0.15, 0.2) is 12.1 Å². The van der Waals surface area contributed by atoms with Gasteiger partial charge >= 0.3 is 0 Å². The molecule has 1 atom stereocenters. The van der Waals surface area contributed by atoms with Gasteiger partial charge in [-0.2, -0.15) is 0 Å². The number of amides is 1. The molecule has 0 saturated heterocycles. The summed E-state index contributed by atoms with van der Waals surface area (Å²) in [6.45, 7) is 0. The fraction of sp³-hybridized carbons (Fsp3) is 0.167. The van der Waals surface area contributed by atoms with Crippen molar-refractivity contribution in [2.75, 3.05) is 5.32 Å². The summed E-state index contributed by atoms with van der Waals surface area (Å²) in [6.07, 6.45) is 1.75. The highest BCUT2D eigenvalue weighted by molar-refractivity contribution is 6.01. The average molecular weight is 181 g/mol. The number of nitrogens with zero attached hydrogens (tertiary/aromatic N) is 1. The minimum atomic E-state index is -1.56. The van der Waals surface area contributed by atoms with Crippen LogP contribution >= 0.6 is 0 Å². The number of fused-ring (bicyclic) bond motifs is 1. The Morgan fingerprint density at radius 2 is 2.31 bits per heavy atom. The SMILES string of the molecule is NC1(C=O)NC(=O)c2[nH]cnc2N1. The van der Waals surface area contributed by atoms with Crippen LogP contribution < -0.4 is 16.4 Å². The first-order valence-electron chi connectivity index (χ1n) is 3.54. The minimum absolute atomic E-state index is 0.267. The van der Waals surface area contributed by atoms with E-state index in [1.807, 2.05) is 0 Å². The Kier molecular flexibility index (Phi) is 1.37. The van der Waals surface area contributed by atoms with Crippen LogP contribution in [-0.4, -0.2) is 27.9 Å². The summed E-state index contributed by atoms with van der Waals surface area (Å²) in [5.74, 6) is -1.74. The molecule has 1 unspecified atom stereocenters. The van der Waals surface area contributed by atoms with Gasteiger partial charge in [-0.05, 0) is 0 Å². The molecule has 2 heterocycles. The van der Waals surface area contributed by atoms with Gasteiger partial charge in [0.2, 0.25) is 5.79 Å². The molecule has 1 aliphatic rings. The fourth-order valence-corrected chi connectivity index (χ4v) is 1.10. The smallest absolute Gasteiger partial charge is 0.274 e. The molecule has 0 saturated carbocycles. The Morgan fingerprint density at radius 1 is 1.54 bits per heavy atom. The fourth-order valence-electron chi connectivity index (χ4n) is 1.10. The number of carbonyl (C=O) groups excluding carboxylic acids is 2. The van der Waals surface area contributed by atoms with Crippen molar-refractivity contribution in [3.8, 4) is 0 Å². The number of carbonyl (C=O) groups is 2. The highest BCUT2D eigenvalue weighted by Gasteiger charge is 2.35. The first-order valence-corrected chi connectivity index (χ1v) is 3.54. The van der Waals surface area contributed by atoms with Crippen LogP contribution in [-0.2, 0) is 4.79 Å². The summed E-state index contributed by atoms with van der Waals surface area (Å²) in [7, 11) is 0. The topological polar surface area (TPSA) is 113 Å². The van der Waals surface area contributed by atoms with E-state index >= 15 is 0 Å². The van der Waals surface area contributed by atoms with Crippen molar-refractivity contribution in [1.29, 1.82) is 0 Å². The number of aromatic nitrogens is 2. The van der Waals surface area contributed by atoms with Gasteiger partial charge in [0.1, 0.15) is 5.69 Å². The van der Waals surface area contributed by atoms with Crippen LogP contribution in [0.25, 0.3) is 0 Å². The summed E-state index contributed by atoms with van der Waals surface area (Å²) in [6, 6.07) is 0. The molecule has 2 rings (SSSR count). The van der Waals surface area contributed by atoms with Crippen LogP contribution in [0.15, 0.2) is 6.33 Å². The van der Waals surface area contributed by atoms with Crippen LogP contribution in [0.1, 0.15) is 10.5 Å². The number of aldehydes is 1. The second kappa shape index (κ2) is 2.30. The summed E-state index contributed by atoms with van der Waals surface area (Å²) in [5.41, 5.74) is 5.72. The van der Waals surface area contributed by atoms with E-state index in [1.54, 1.807) is 0 Å². The van der Waals surface area contributed by atoms with Gasteiger partial charge in [0.05, 0.1) is 6.33 Å². The molecule has 68 valence electrons. The van der Waals surface area contributed by atoms with Crippen molar-refractivity contribution in [3.05, 3.63) is 12.0 Å². The zero-order valence-corrected chi connectivity index (χ0v) is 6.50. The highest BCUT2D eigenvalue weighted by atomic mass is 16.2. The molecule has 0 spiro atoms. The maximum Gasteiger partial charge on any atom is 0.274 e. The molecular formula is C6H7N5O2. The lowest BCUT2D eigenvalue weighted by atomic mass is 10.2. The number of hydrogen-bond donors (Lipinski definition) is 4. The Balaban J connectivity index is 2.44. The van der Waals surface area contributed by atoms with Gasteiger partial charge in [-0.3, -0.25) is 15.3 Å². The van der Waals surface area contributed by atoms with Crippen molar-refractivity contribution in [3.63, 3.8) is 0 Å². The van der Waals surface area contributed by atoms with E-state index in [4.69, 9.17) is 5.73 Å². The molecule has 7 heteroatoms. The van der Waals surface area contributed by atoms with E-state index in [0.29, 0.717) is 6.29 Å². The van der Waals surface area contributed by atoms with Gasteiger partial charge < -0.3 is 15.6 Å². The van der Waals surface area contributed by atoms with Crippen molar-refractivity contribution >= 4 is 18.0 Å². The largest absolute Gasteiger partial charge is 0.339 e. The predicted molar refractivity (Wildman–Crippen MR) is 42.7 cm³/mol. The van der Waals surface area contributed by atoms with Gasteiger partial charge in [0, 0.05) is 0 Å². The van der Waals surface area contributed by atoms with Crippen LogP contribution in [0.4, 0.5) is 5.82 Å². The van der Waals surface area contributed by atoms with Gasteiger partial charge in [0.25, 0.3) is 5.91 Å². The molecule has 1 aromatic heterocycles. The highest BCUT2D eigenvalue weighted by Crippen LogP contribution is 2.16. The number of hydrogen-bond acceptors (Lipinski definition) is 5. The average Bonchev–Trinajstić information content (AvgIpc) is 2.52. The second-order valence-corrected chi connectivity index (χ2v) is 2.69. The monoisotopic (exact) mass is 181 g/mol. The third-order valence-corrected chi connectivity index (χ3v) is 1.70. The van der Waals surface area contributed by atoms with E-state index < -0.39 is 11.7 Å². The van der Waals surface area contributed by atoms with E-state index in [9.17, 15) is 9.59 Å². The summed E-state index contributed by atoms with van der Waals surface area (Å²) < 4.78 is 0. The number of imidazole rings is 1. The van der Waals surface area contributed by atoms with Crippen molar-refractivity contribution < 1.29 is 9.59 Å². The normalized spacial score (nSPS) is 25.8. The molecule has 0 radical (unpaired) electrons. The predicted octanol–water partition coefficient (Wildman–Crippen LogP) is -1.62. The molecule has 1 aromatic rings. The molecule has 1 aliphatic heterocycles. The molecule has 7 nitrogen and oxygen atoms in total. The lowest BCUT2D eigenvalue weighted by molar-refractivity contribution is -0.112. The second-order valence-electron chi connectivity index (χ2n) is 2.69. The van der Waals surface area contributed by atoms with Crippen LogP contribution in [0.3, 0.4) is 0 Å². The molecule has 1 amide bonds. The Morgan fingerprint density at radius 3 is 3.00 bits per heavy atom. The molecular weight excluding hydrogens is 174 g/mol. The number of H-pyrrole nitrogens is 1. The first-order chi connectivity index (χ1) is 6.14. The van der Waals surface area contributed by atoms with Gasteiger partial charge in [-0.1, -0.05) is 0 Å². The Labute approximate surface area is 72.7 Å². The summed E-state index contributed by atoms with van der Waals surface area (Å²) in [5, 5.41) is 4.84. The number of anilines is 1. The van der Waals surface area contributed by atoms with Crippen LogP contribution in [0, 0.1) is 0 Å². The zero-order valence-electron chi connectivity index (χ0n) is 6.50. The zero-order chi connectivity index (χ0) is 9.47. The van der Waals surface area contributed by atoms with Crippen molar-refractivity contribution in [2.45, 2.75) is 5.79 Å². The third-order valence-electron chi connectivity index (χ3n) is 1.70. The molecule has 5 N–H and O–H groups in total. The van der Waals surface area contributed by atoms with E-state index in [0.717, 1.165) is 0 Å². The van der Waals surface area contributed by atoms with Crippen LogP contribution in [0.5, 0.6) is 0 Å². The minimum Gasteiger partial charge on any atom is -0.339 e. The summed E-state index contributed by atoms with van der Waals surface area (Å²) in [4.78, 5) is 28.2. The number of rotatable bonds is 1. The standard InChI is InChI=1S/C6H7N5O2/c7-6(1-12)10-4-3(5(13)11-6)8-2-9-4/h1-2,10H,7H2,(H,8,9)(H,11,13). The molecule has 0 aromatic carbocycles. The number of nitrogens with one attached hydrogen (secondary N) is 3. The molecule has 13 heavy (non-hydrogen) atoms. The lowest BCUT2D eigenvalue weighted by Gasteiger charge is -2.29. The maximum absolute atomic E-state index is 11.3. The van der Waals surface area contributed by atoms with Crippen molar-refractivity contribution in [2.24, 2.45) is 5.73 Å². The molecule has 0 aliphatic carbocycles. The van der Waals surface area contributed by atoms with E-state index in [-0.39, 0.29) is 11.5 Å². The van der Waals surface area contributed by atoms with E-state index in [1.165, 1.54) is 6.33 Å². The number of nitrogens with two attached hydrogens (primary N) is 1. The third kappa shape index (κ3) is 1.05. The Bertz CT molecular complexity index is 373. The van der Waals surface area contributed by atoms with Crippen LogP contribution in [0.2, 0.25) is 0 Å². The van der Waals surface area contributed by atoms with Gasteiger partial charge in [-0.25, -0.2) is 4.98 Å². The molecule has 0 bridgehead atoms. The molecule has 0 fully saturated rings.